The molecular weight excluding hydrogens is 318 g/mol. The van der Waals surface area contributed by atoms with Crippen LogP contribution in [0.1, 0.15) is 37.6 Å². The van der Waals surface area contributed by atoms with Crippen LogP contribution in [0.3, 0.4) is 0 Å². The van der Waals surface area contributed by atoms with E-state index in [1.54, 1.807) is 23.1 Å². The Balaban J connectivity index is 1.97. The first-order valence-corrected chi connectivity index (χ1v) is 7.87. The molecule has 3 N–H and O–H groups in total. The number of anilines is 1. The van der Waals surface area contributed by atoms with Crippen molar-refractivity contribution in [3.8, 4) is 0 Å². The molecule has 1 aliphatic heterocycles. The lowest BCUT2D eigenvalue weighted by Gasteiger charge is -2.24. The molecule has 0 saturated carbocycles. The molecule has 1 heterocycles. The molecule has 1 fully saturated rings. The van der Waals surface area contributed by atoms with Gasteiger partial charge in [0.2, 0.25) is 5.91 Å². The van der Waals surface area contributed by atoms with Crippen molar-refractivity contribution >= 4 is 29.3 Å². The number of hydrogen-bond donors (Lipinski definition) is 2. The van der Waals surface area contributed by atoms with E-state index in [1.165, 1.54) is 0 Å². The Hall–Kier alpha value is -1.95. The van der Waals surface area contributed by atoms with Crippen molar-refractivity contribution in [3.63, 3.8) is 0 Å². The number of carbonyl (C=O) groups excluding carboxylic acids is 2. The van der Waals surface area contributed by atoms with Crippen LogP contribution in [0.5, 0.6) is 0 Å². The van der Waals surface area contributed by atoms with Crippen molar-refractivity contribution in [1.82, 2.24) is 4.90 Å². The van der Waals surface area contributed by atoms with Gasteiger partial charge in [0, 0.05) is 24.8 Å². The van der Waals surface area contributed by atoms with E-state index in [9.17, 15) is 9.59 Å². The van der Waals surface area contributed by atoms with Gasteiger partial charge in [-0.25, -0.2) is 4.79 Å². The number of likely N-dealkylation sites (tertiary alicyclic amines) is 1. The van der Waals surface area contributed by atoms with Crippen LogP contribution in [-0.2, 0) is 4.74 Å². The first kappa shape index (κ1) is 17.4. The molecule has 6 nitrogen and oxygen atoms in total. The molecule has 7 heteroatoms. The predicted octanol–water partition coefficient (Wildman–Crippen LogP) is 2.86. The van der Waals surface area contributed by atoms with Gasteiger partial charge >= 0.3 is 6.09 Å². The largest absolute Gasteiger partial charge is 0.444 e. The zero-order valence-corrected chi connectivity index (χ0v) is 14.3. The number of hydrogen-bond acceptors (Lipinski definition) is 4. The Morgan fingerprint density at radius 2 is 2.09 bits per heavy atom. The summed E-state index contributed by atoms with van der Waals surface area (Å²) in [6.07, 6.45) is 0.490. The smallest absolute Gasteiger partial charge is 0.410 e. The fraction of sp³-hybridized carbons (Fsp3) is 0.500. The van der Waals surface area contributed by atoms with Gasteiger partial charge < -0.3 is 20.7 Å². The monoisotopic (exact) mass is 339 g/mol. The highest BCUT2D eigenvalue weighted by atomic mass is 35.5. The van der Waals surface area contributed by atoms with E-state index in [0.29, 0.717) is 18.1 Å². The van der Waals surface area contributed by atoms with E-state index in [1.807, 2.05) is 20.8 Å². The molecule has 0 bridgehead atoms. The van der Waals surface area contributed by atoms with E-state index in [4.69, 9.17) is 22.1 Å². The second kappa shape index (κ2) is 6.66. The van der Waals surface area contributed by atoms with Crippen LogP contribution in [0.2, 0.25) is 5.02 Å². The second-order valence-electron chi connectivity index (χ2n) is 6.62. The van der Waals surface area contributed by atoms with Crippen molar-refractivity contribution in [2.24, 2.45) is 5.73 Å². The lowest BCUT2D eigenvalue weighted by Crippen LogP contribution is -2.36. The Labute approximate surface area is 140 Å². The predicted molar refractivity (Wildman–Crippen MR) is 89.8 cm³/mol. The topological polar surface area (TPSA) is 84.7 Å². The molecule has 23 heavy (non-hydrogen) atoms. The van der Waals surface area contributed by atoms with Gasteiger partial charge in [-0.05, 0) is 45.4 Å². The van der Waals surface area contributed by atoms with Crippen molar-refractivity contribution < 1.29 is 14.3 Å². The maximum absolute atomic E-state index is 12.0. The normalized spacial score (nSPS) is 17.9. The molecule has 1 unspecified atom stereocenters. The van der Waals surface area contributed by atoms with Crippen molar-refractivity contribution in [2.75, 3.05) is 18.4 Å². The SMILES string of the molecule is CC(C)(C)OC(=O)N1CCC(Nc2ccc(Cl)c(C(N)=O)c2)C1. The summed E-state index contributed by atoms with van der Waals surface area (Å²) in [6, 6.07) is 5.13. The summed E-state index contributed by atoms with van der Waals surface area (Å²) in [5, 5.41) is 3.62. The second-order valence-corrected chi connectivity index (χ2v) is 7.02. The number of ether oxygens (including phenoxy) is 1. The van der Waals surface area contributed by atoms with Crippen LogP contribution in [-0.4, -0.2) is 41.6 Å². The highest BCUT2D eigenvalue weighted by Gasteiger charge is 2.29. The molecule has 0 aromatic heterocycles. The van der Waals surface area contributed by atoms with Gasteiger partial charge in [-0.1, -0.05) is 11.6 Å². The van der Waals surface area contributed by atoms with Crippen molar-refractivity contribution in [2.45, 2.75) is 38.8 Å². The summed E-state index contributed by atoms with van der Waals surface area (Å²) in [5.74, 6) is -0.569. The molecule has 1 aromatic rings. The molecule has 2 rings (SSSR count). The number of carbonyl (C=O) groups is 2. The van der Waals surface area contributed by atoms with Crippen LogP contribution in [0.15, 0.2) is 18.2 Å². The number of nitrogens with zero attached hydrogens (tertiary/aromatic N) is 1. The summed E-state index contributed by atoms with van der Waals surface area (Å²) in [5.41, 5.74) is 5.81. The minimum Gasteiger partial charge on any atom is -0.444 e. The summed E-state index contributed by atoms with van der Waals surface area (Å²) in [6.45, 7) is 6.70. The van der Waals surface area contributed by atoms with Gasteiger partial charge in [0.1, 0.15) is 5.60 Å². The third-order valence-electron chi connectivity index (χ3n) is 3.44. The van der Waals surface area contributed by atoms with Crippen LogP contribution >= 0.6 is 11.6 Å². The van der Waals surface area contributed by atoms with Crippen LogP contribution in [0.4, 0.5) is 10.5 Å². The molecule has 1 saturated heterocycles. The van der Waals surface area contributed by atoms with Gasteiger partial charge in [-0.2, -0.15) is 0 Å². The summed E-state index contributed by atoms with van der Waals surface area (Å²) in [7, 11) is 0. The summed E-state index contributed by atoms with van der Waals surface area (Å²) < 4.78 is 5.37. The molecule has 2 amide bonds. The summed E-state index contributed by atoms with van der Waals surface area (Å²) in [4.78, 5) is 25.0. The minimum atomic E-state index is -0.569. The molecule has 126 valence electrons. The van der Waals surface area contributed by atoms with E-state index in [-0.39, 0.29) is 17.7 Å². The highest BCUT2D eigenvalue weighted by molar-refractivity contribution is 6.33. The first-order chi connectivity index (χ1) is 10.7. The van der Waals surface area contributed by atoms with E-state index < -0.39 is 11.5 Å². The molecule has 0 aliphatic carbocycles. The quantitative estimate of drug-likeness (QED) is 0.886. The number of nitrogens with one attached hydrogen (secondary N) is 1. The van der Waals surface area contributed by atoms with Crippen LogP contribution < -0.4 is 11.1 Å². The number of nitrogens with two attached hydrogens (primary N) is 1. The maximum atomic E-state index is 12.0. The Kier molecular flexibility index (Phi) is 5.04. The summed E-state index contributed by atoms with van der Waals surface area (Å²) >= 11 is 5.94. The average molecular weight is 340 g/mol. The van der Waals surface area contributed by atoms with Crippen molar-refractivity contribution in [3.05, 3.63) is 28.8 Å². The molecular formula is C16H22ClN3O3. The lowest BCUT2D eigenvalue weighted by atomic mass is 10.1. The first-order valence-electron chi connectivity index (χ1n) is 7.49. The molecule has 1 aromatic carbocycles. The third-order valence-corrected chi connectivity index (χ3v) is 3.77. The Morgan fingerprint density at radius 3 is 2.70 bits per heavy atom. The van der Waals surface area contributed by atoms with Gasteiger partial charge in [-0.3, -0.25) is 4.79 Å². The van der Waals surface area contributed by atoms with Crippen LogP contribution in [0, 0.1) is 0 Å². The lowest BCUT2D eigenvalue weighted by molar-refractivity contribution is 0.0293. The Bertz CT molecular complexity index is 613. The maximum Gasteiger partial charge on any atom is 0.410 e. The number of rotatable bonds is 3. The van der Waals surface area contributed by atoms with Crippen LogP contribution in [0.25, 0.3) is 0 Å². The number of amides is 2. The van der Waals surface area contributed by atoms with E-state index >= 15 is 0 Å². The third kappa shape index (κ3) is 4.76. The Morgan fingerprint density at radius 1 is 1.39 bits per heavy atom. The van der Waals surface area contributed by atoms with E-state index in [0.717, 1.165) is 12.1 Å². The molecule has 0 spiro atoms. The fourth-order valence-electron chi connectivity index (χ4n) is 2.41. The number of benzene rings is 1. The number of halogens is 1. The zero-order chi connectivity index (χ0) is 17.2. The van der Waals surface area contributed by atoms with E-state index in [2.05, 4.69) is 5.32 Å². The standard InChI is InChI=1S/C16H22ClN3O3/c1-16(2,3)23-15(22)20-7-6-11(9-20)19-10-4-5-13(17)12(8-10)14(18)21/h4-5,8,11,19H,6-7,9H2,1-3H3,(H2,18,21). The van der Waals surface area contributed by atoms with Crippen molar-refractivity contribution in [1.29, 1.82) is 0 Å². The molecule has 0 radical (unpaired) electrons. The zero-order valence-electron chi connectivity index (χ0n) is 13.6. The fourth-order valence-corrected chi connectivity index (χ4v) is 2.62. The molecule has 1 atom stereocenters. The van der Waals surface area contributed by atoms with Gasteiger partial charge in [0.25, 0.3) is 0 Å². The van der Waals surface area contributed by atoms with Gasteiger partial charge in [-0.15, -0.1) is 0 Å². The van der Waals surface area contributed by atoms with Gasteiger partial charge in [0.05, 0.1) is 10.6 Å². The minimum absolute atomic E-state index is 0.0874. The molecule has 1 aliphatic rings. The highest BCUT2D eigenvalue weighted by Crippen LogP contribution is 2.23. The average Bonchev–Trinajstić information content (AvgIpc) is 2.87. The number of primary amides is 1. The van der Waals surface area contributed by atoms with Gasteiger partial charge in [0.15, 0.2) is 0 Å².